The third kappa shape index (κ3) is 3.22. The fourth-order valence-corrected chi connectivity index (χ4v) is 2.13. The molecular weight excluding hydrogens is 234 g/mol. The number of rotatable bonds is 4. The minimum Gasteiger partial charge on any atom is -0.380 e. The molecule has 0 spiro atoms. The Morgan fingerprint density at radius 2 is 1.84 bits per heavy atom. The highest BCUT2D eigenvalue weighted by atomic mass is 16.1. The molecule has 0 amide bonds. The zero-order chi connectivity index (χ0) is 13.8. The average molecular weight is 253 g/mol. The molecule has 2 heteroatoms. The first-order chi connectivity index (χ1) is 9.08. The summed E-state index contributed by atoms with van der Waals surface area (Å²) in [4.78, 5) is 11.6. The first kappa shape index (κ1) is 13.3. The summed E-state index contributed by atoms with van der Waals surface area (Å²) in [6.45, 7) is 6.52. The molecular formula is C17H19NO. The van der Waals surface area contributed by atoms with Crippen molar-refractivity contribution in [2.75, 3.05) is 5.32 Å². The van der Waals surface area contributed by atoms with Gasteiger partial charge in [-0.3, -0.25) is 4.79 Å². The van der Waals surface area contributed by atoms with E-state index in [4.69, 9.17) is 0 Å². The molecule has 2 nitrogen and oxygen atoms in total. The van der Waals surface area contributed by atoms with Gasteiger partial charge in [-0.15, -0.1) is 0 Å². The van der Waals surface area contributed by atoms with E-state index in [1.807, 2.05) is 24.3 Å². The Morgan fingerprint density at radius 3 is 2.58 bits per heavy atom. The summed E-state index contributed by atoms with van der Waals surface area (Å²) in [6.07, 6.45) is 0. The van der Waals surface area contributed by atoms with Gasteiger partial charge in [0, 0.05) is 17.8 Å². The molecule has 0 aromatic heterocycles. The monoisotopic (exact) mass is 253 g/mol. The molecule has 2 aromatic carbocycles. The number of carbonyl (C=O) groups excluding carboxylic acids is 1. The number of carbonyl (C=O) groups is 1. The lowest BCUT2D eigenvalue weighted by Gasteiger charge is -2.12. The van der Waals surface area contributed by atoms with Crippen molar-refractivity contribution in [1.29, 1.82) is 0 Å². The van der Waals surface area contributed by atoms with Gasteiger partial charge in [0.1, 0.15) is 0 Å². The SMILES string of the molecule is CC(=O)c1ccccc1NCc1cc(C)ccc1C. The van der Waals surface area contributed by atoms with Crippen molar-refractivity contribution in [3.05, 3.63) is 64.7 Å². The van der Waals surface area contributed by atoms with Crippen molar-refractivity contribution in [3.63, 3.8) is 0 Å². The van der Waals surface area contributed by atoms with E-state index in [0.717, 1.165) is 17.8 Å². The van der Waals surface area contributed by atoms with Crippen LogP contribution in [0.1, 0.15) is 34.0 Å². The lowest BCUT2D eigenvalue weighted by Crippen LogP contribution is -2.06. The van der Waals surface area contributed by atoms with Gasteiger partial charge in [-0.05, 0) is 44.0 Å². The molecule has 2 aromatic rings. The zero-order valence-electron chi connectivity index (χ0n) is 11.7. The molecule has 0 aliphatic carbocycles. The summed E-state index contributed by atoms with van der Waals surface area (Å²) in [5, 5.41) is 3.36. The topological polar surface area (TPSA) is 29.1 Å². The highest BCUT2D eigenvalue weighted by Crippen LogP contribution is 2.18. The molecule has 1 N–H and O–H groups in total. The summed E-state index contributed by atoms with van der Waals surface area (Å²) in [5.41, 5.74) is 5.42. The largest absolute Gasteiger partial charge is 0.380 e. The normalized spacial score (nSPS) is 10.3. The van der Waals surface area contributed by atoms with E-state index in [2.05, 4.69) is 37.4 Å². The summed E-state index contributed by atoms with van der Waals surface area (Å²) in [5.74, 6) is 0.0871. The van der Waals surface area contributed by atoms with Crippen LogP contribution in [0.15, 0.2) is 42.5 Å². The Bertz CT molecular complexity index is 602. The Labute approximate surface area is 114 Å². The average Bonchev–Trinajstić information content (AvgIpc) is 2.40. The van der Waals surface area contributed by atoms with Crippen molar-refractivity contribution in [3.8, 4) is 0 Å². The van der Waals surface area contributed by atoms with Crippen LogP contribution in [0.25, 0.3) is 0 Å². The minimum atomic E-state index is 0.0871. The molecule has 0 bridgehead atoms. The molecule has 2 rings (SSSR count). The maximum Gasteiger partial charge on any atom is 0.161 e. The van der Waals surface area contributed by atoms with E-state index in [1.165, 1.54) is 16.7 Å². The number of para-hydroxylation sites is 1. The van der Waals surface area contributed by atoms with Gasteiger partial charge in [-0.2, -0.15) is 0 Å². The first-order valence-corrected chi connectivity index (χ1v) is 6.48. The van der Waals surface area contributed by atoms with Crippen LogP contribution in [0.5, 0.6) is 0 Å². The Balaban J connectivity index is 2.19. The van der Waals surface area contributed by atoms with Crippen LogP contribution in [0.3, 0.4) is 0 Å². The van der Waals surface area contributed by atoms with Crippen molar-refractivity contribution < 1.29 is 4.79 Å². The van der Waals surface area contributed by atoms with Crippen molar-refractivity contribution >= 4 is 11.5 Å². The number of nitrogens with one attached hydrogen (secondary N) is 1. The molecule has 98 valence electrons. The van der Waals surface area contributed by atoms with Crippen molar-refractivity contribution in [2.24, 2.45) is 0 Å². The maximum absolute atomic E-state index is 11.6. The van der Waals surface area contributed by atoms with Gasteiger partial charge in [0.2, 0.25) is 0 Å². The number of hydrogen-bond acceptors (Lipinski definition) is 2. The van der Waals surface area contributed by atoms with Gasteiger partial charge in [0.05, 0.1) is 0 Å². The van der Waals surface area contributed by atoms with Gasteiger partial charge in [0.25, 0.3) is 0 Å². The van der Waals surface area contributed by atoms with Gasteiger partial charge >= 0.3 is 0 Å². The fourth-order valence-electron chi connectivity index (χ4n) is 2.13. The minimum absolute atomic E-state index is 0.0871. The van der Waals surface area contributed by atoms with Gasteiger partial charge in [-0.1, -0.05) is 35.9 Å². The predicted octanol–water partition coefficient (Wildman–Crippen LogP) is 4.12. The van der Waals surface area contributed by atoms with E-state index in [9.17, 15) is 4.79 Å². The highest BCUT2D eigenvalue weighted by Gasteiger charge is 2.06. The second-order valence-corrected chi connectivity index (χ2v) is 4.89. The molecule has 19 heavy (non-hydrogen) atoms. The number of hydrogen-bond donors (Lipinski definition) is 1. The zero-order valence-corrected chi connectivity index (χ0v) is 11.7. The smallest absolute Gasteiger partial charge is 0.161 e. The van der Waals surface area contributed by atoms with E-state index in [1.54, 1.807) is 6.92 Å². The van der Waals surface area contributed by atoms with Crippen LogP contribution in [0, 0.1) is 13.8 Å². The number of ketones is 1. The van der Waals surface area contributed by atoms with Crippen LogP contribution in [0.2, 0.25) is 0 Å². The van der Waals surface area contributed by atoms with E-state index < -0.39 is 0 Å². The lowest BCUT2D eigenvalue weighted by molar-refractivity contribution is 0.101. The molecule has 0 saturated heterocycles. The third-order valence-electron chi connectivity index (χ3n) is 3.28. The van der Waals surface area contributed by atoms with Crippen LogP contribution in [-0.2, 0) is 6.54 Å². The second-order valence-electron chi connectivity index (χ2n) is 4.89. The summed E-state index contributed by atoms with van der Waals surface area (Å²) in [6, 6.07) is 14.1. The van der Waals surface area contributed by atoms with Crippen molar-refractivity contribution in [2.45, 2.75) is 27.3 Å². The molecule has 0 aliphatic heterocycles. The van der Waals surface area contributed by atoms with E-state index >= 15 is 0 Å². The number of benzene rings is 2. The second kappa shape index (κ2) is 5.70. The Kier molecular flexibility index (Phi) is 4.00. The number of anilines is 1. The summed E-state index contributed by atoms with van der Waals surface area (Å²) < 4.78 is 0. The predicted molar refractivity (Wildman–Crippen MR) is 79.7 cm³/mol. The highest BCUT2D eigenvalue weighted by molar-refractivity contribution is 5.99. The standard InChI is InChI=1S/C17H19NO/c1-12-8-9-13(2)15(10-12)11-18-17-7-5-4-6-16(17)14(3)19/h4-10,18H,11H2,1-3H3. The summed E-state index contributed by atoms with van der Waals surface area (Å²) in [7, 11) is 0. The van der Waals surface area contributed by atoms with Crippen LogP contribution in [0.4, 0.5) is 5.69 Å². The van der Waals surface area contributed by atoms with Crippen LogP contribution < -0.4 is 5.32 Å². The van der Waals surface area contributed by atoms with Gasteiger partial charge < -0.3 is 5.32 Å². The van der Waals surface area contributed by atoms with E-state index in [-0.39, 0.29) is 5.78 Å². The maximum atomic E-state index is 11.6. The summed E-state index contributed by atoms with van der Waals surface area (Å²) >= 11 is 0. The van der Waals surface area contributed by atoms with E-state index in [0.29, 0.717) is 0 Å². The Morgan fingerprint density at radius 1 is 1.11 bits per heavy atom. The molecule has 0 atom stereocenters. The molecule has 0 heterocycles. The Hall–Kier alpha value is -2.09. The molecule has 0 fully saturated rings. The van der Waals surface area contributed by atoms with Crippen LogP contribution >= 0.6 is 0 Å². The lowest BCUT2D eigenvalue weighted by atomic mass is 10.0. The first-order valence-electron chi connectivity index (χ1n) is 6.48. The van der Waals surface area contributed by atoms with Gasteiger partial charge in [0.15, 0.2) is 5.78 Å². The third-order valence-corrected chi connectivity index (χ3v) is 3.28. The number of aryl methyl sites for hydroxylation is 2. The molecule has 0 radical (unpaired) electrons. The van der Waals surface area contributed by atoms with Crippen LogP contribution in [-0.4, -0.2) is 5.78 Å². The quantitative estimate of drug-likeness (QED) is 0.830. The number of Topliss-reactive ketones (excluding diaryl/α,β-unsaturated/α-hetero) is 1. The molecule has 0 unspecified atom stereocenters. The van der Waals surface area contributed by atoms with Gasteiger partial charge in [-0.25, -0.2) is 0 Å². The molecule has 0 saturated carbocycles. The van der Waals surface area contributed by atoms with Crippen molar-refractivity contribution in [1.82, 2.24) is 0 Å². The fraction of sp³-hybridized carbons (Fsp3) is 0.235. The molecule has 0 aliphatic rings.